The van der Waals surface area contributed by atoms with Crippen LogP contribution in [0, 0.1) is 11.8 Å². The minimum absolute atomic E-state index is 0.264. The average Bonchev–Trinajstić information content (AvgIpc) is 3.52. The Kier molecular flexibility index (Phi) is 6.19. The molecule has 0 aliphatic heterocycles. The van der Waals surface area contributed by atoms with E-state index in [4.69, 9.17) is 14.6 Å². The smallest absolute Gasteiger partial charge is 0.306 e. The Morgan fingerprint density at radius 3 is 2.50 bits per heavy atom. The number of nitrogens with one attached hydrogen (secondary N) is 1. The predicted octanol–water partition coefficient (Wildman–Crippen LogP) is 4.00. The minimum atomic E-state index is -0.824. The molecule has 0 saturated heterocycles. The number of benzene rings is 2. The number of methoxy groups -OCH3 is 1. The molecule has 0 spiro atoms. The Labute approximate surface area is 164 Å². The predicted molar refractivity (Wildman–Crippen MR) is 106 cm³/mol. The summed E-state index contributed by atoms with van der Waals surface area (Å²) < 4.78 is 11.1. The fourth-order valence-corrected chi connectivity index (χ4v) is 2.79. The molecule has 148 valence electrons. The molecule has 0 aromatic heterocycles. The van der Waals surface area contributed by atoms with Gasteiger partial charge in [0.1, 0.15) is 11.5 Å². The number of carboxylic acid groups (broad SMARTS) is 1. The van der Waals surface area contributed by atoms with E-state index in [0.29, 0.717) is 41.7 Å². The van der Waals surface area contributed by atoms with Gasteiger partial charge in [-0.05, 0) is 55.0 Å². The van der Waals surface area contributed by atoms with E-state index in [1.807, 2.05) is 12.1 Å². The first-order chi connectivity index (χ1) is 13.5. The number of hydrogen-bond donors (Lipinski definition) is 2. The average molecular weight is 383 g/mol. The molecular formula is C22H25NO5. The maximum atomic E-state index is 12.7. The third-order valence-corrected chi connectivity index (χ3v) is 4.78. The van der Waals surface area contributed by atoms with Crippen molar-refractivity contribution in [2.75, 3.05) is 19.0 Å². The van der Waals surface area contributed by atoms with Crippen molar-refractivity contribution >= 4 is 17.6 Å². The number of rotatable bonds is 9. The highest BCUT2D eigenvalue weighted by Crippen LogP contribution is 2.32. The summed E-state index contributed by atoms with van der Waals surface area (Å²) in [6, 6.07) is 12.4. The molecule has 0 bridgehead atoms. The van der Waals surface area contributed by atoms with Gasteiger partial charge in [0.15, 0.2) is 0 Å². The van der Waals surface area contributed by atoms with E-state index in [2.05, 4.69) is 5.32 Å². The molecule has 1 atom stereocenters. The van der Waals surface area contributed by atoms with E-state index in [1.165, 1.54) is 12.8 Å². The molecule has 3 rings (SSSR count). The van der Waals surface area contributed by atoms with Gasteiger partial charge in [-0.25, -0.2) is 0 Å². The first-order valence-electron chi connectivity index (χ1n) is 9.40. The van der Waals surface area contributed by atoms with Crippen LogP contribution >= 0.6 is 0 Å². The van der Waals surface area contributed by atoms with Crippen molar-refractivity contribution in [2.24, 2.45) is 11.8 Å². The molecule has 0 radical (unpaired) electrons. The normalized spacial score (nSPS) is 14.2. The van der Waals surface area contributed by atoms with Gasteiger partial charge < -0.3 is 19.9 Å². The number of carbonyl (C=O) groups is 2. The van der Waals surface area contributed by atoms with Crippen molar-refractivity contribution in [2.45, 2.75) is 26.2 Å². The highest BCUT2D eigenvalue weighted by Gasteiger charge is 2.23. The number of amides is 1. The quantitative estimate of drug-likeness (QED) is 0.684. The van der Waals surface area contributed by atoms with Crippen LogP contribution < -0.4 is 14.8 Å². The lowest BCUT2D eigenvalue weighted by atomic mass is 10.0. The van der Waals surface area contributed by atoms with Gasteiger partial charge in [-0.2, -0.15) is 0 Å². The zero-order chi connectivity index (χ0) is 20.1. The van der Waals surface area contributed by atoms with Crippen LogP contribution in [0.25, 0.3) is 0 Å². The van der Waals surface area contributed by atoms with Crippen molar-refractivity contribution in [1.82, 2.24) is 0 Å². The Morgan fingerprint density at radius 2 is 1.89 bits per heavy atom. The van der Waals surface area contributed by atoms with Crippen molar-refractivity contribution in [3.05, 3.63) is 53.6 Å². The lowest BCUT2D eigenvalue weighted by molar-refractivity contribution is -0.141. The fourth-order valence-electron chi connectivity index (χ4n) is 2.79. The molecule has 1 fully saturated rings. The van der Waals surface area contributed by atoms with Gasteiger partial charge in [0.2, 0.25) is 0 Å². The minimum Gasteiger partial charge on any atom is -0.497 e. The first-order valence-corrected chi connectivity index (χ1v) is 9.40. The summed E-state index contributed by atoms with van der Waals surface area (Å²) in [6.45, 7) is 2.27. The number of hydrogen-bond acceptors (Lipinski definition) is 4. The van der Waals surface area contributed by atoms with Gasteiger partial charge in [-0.15, -0.1) is 0 Å². The van der Waals surface area contributed by atoms with Crippen molar-refractivity contribution < 1.29 is 24.2 Å². The van der Waals surface area contributed by atoms with Crippen LogP contribution in [0.5, 0.6) is 11.5 Å². The van der Waals surface area contributed by atoms with E-state index in [0.717, 1.165) is 5.56 Å². The molecule has 1 saturated carbocycles. The summed E-state index contributed by atoms with van der Waals surface area (Å²) in [7, 11) is 1.58. The fraction of sp³-hybridized carbons (Fsp3) is 0.364. The van der Waals surface area contributed by atoms with Crippen LogP contribution in [0.2, 0.25) is 0 Å². The summed E-state index contributed by atoms with van der Waals surface area (Å²) in [5.74, 6) is 0.180. The molecule has 28 heavy (non-hydrogen) atoms. The Balaban J connectivity index is 1.68. The molecule has 2 aromatic carbocycles. The molecule has 1 amide bonds. The zero-order valence-electron chi connectivity index (χ0n) is 16.1. The molecule has 1 unspecified atom stereocenters. The highest BCUT2D eigenvalue weighted by molar-refractivity contribution is 6.06. The van der Waals surface area contributed by atoms with Crippen LogP contribution in [0.3, 0.4) is 0 Å². The SMILES string of the molecule is COc1ccc(C(=O)Nc2ccc(CC(C)C(=O)O)cc2)c(OCC2CC2)c1. The molecular weight excluding hydrogens is 358 g/mol. The molecule has 2 N–H and O–H groups in total. The second-order valence-corrected chi connectivity index (χ2v) is 7.21. The number of ether oxygens (including phenoxy) is 2. The van der Waals surface area contributed by atoms with Gasteiger partial charge in [0.05, 0.1) is 25.2 Å². The zero-order valence-corrected chi connectivity index (χ0v) is 16.1. The van der Waals surface area contributed by atoms with Crippen molar-refractivity contribution in [3.8, 4) is 11.5 Å². The highest BCUT2D eigenvalue weighted by atomic mass is 16.5. The second kappa shape index (κ2) is 8.78. The van der Waals surface area contributed by atoms with Gasteiger partial charge in [-0.1, -0.05) is 19.1 Å². The van der Waals surface area contributed by atoms with E-state index < -0.39 is 11.9 Å². The summed E-state index contributed by atoms with van der Waals surface area (Å²) in [5.41, 5.74) is 2.00. The maximum absolute atomic E-state index is 12.7. The number of carbonyl (C=O) groups excluding carboxylic acids is 1. The topological polar surface area (TPSA) is 84.9 Å². The molecule has 6 nitrogen and oxygen atoms in total. The van der Waals surface area contributed by atoms with E-state index >= 15 is 0 Å². The summed E-state index contributed by atoms with van der Waals surface area (Å²) in [6.07, 6.45) is 2.78. The van der Waals surface area contributed by atoms with Gasteiger partial charge in [-0.3, -0.25) is 9.59 Å². The summed E-state index contributed by atoms with van der Waals surface area (Å²) in [4.78, 5) is 23.7. The van der Waals surface area contributed by atoms with Gasteiger partial charge in [0, 0.05) is 11.8 Å². The summed E-state index contributed by atoms with van der Waals surface area (Å²) >= 11 is 0. The lowest BCUT2D eigenvalue weighted by Gasteiger charge is -2.13. The maximum Gasteiger partial charge on any atom is 0.306 e. The third-order valence-electron chi connectivity index (χ3n) is 4.78. The first kappa shape index (κ1) is 19.7. The van der Waals surface area contributed by atoms with Crippen molar-refractivity contribution in [3.63, 3.8) is 0 Å². The van der Waals surface area contributed by atoms with Crippen LogP contribution in [0.4, 0.5) is 5.69 Å². The monoisotopic (exact) mass is 383 g/mol. The third kappa shape index (κ3) is 5.25. The van der Waals surface area contributed by atoms with Crippen LogP contribution in [-0.2, 0) is 11.2 Å². The Morgan fingerprint density at radius 1 is 1.18 bits per heavy atom. The summed E-state index contributed by atoms with van der Waals surface area (Å²) in [5, 5.41) is 11.9. The van der Waals surface area contributed by atoms with Gasteiger partial charge in [0.25, 0.3) is 5.91 Å². The Hall–Kier alpha value is -3.02. The molecule has 0 heterocycles. The Bertz CT molecular complexity index is 843. The van der Waals surface area contributed by atoms with Gasteiger partial charge >= 0.3 is 5.97 Å². The lowest BCUT2D eigenvalue weighted by Crippen LogP contribution is -2.15. The van der Waals surface area contributed by atoms with Crippen LogP contribution in [0.15, 0.2) is 42.5 Å². The second-order valence-electron chi connectivity index (χ2n) is 7.21. The molecule has 2 aromatic rings. The number of anilines is 1. The van der Waals surface area contributed by atoms with Crippen LogP contribution in [-0.4, -0.2) is 30.7 Å². The molecule has 1 aliphatic carbocycles. The standard InChI is InChI=1S/C22H25NO5/c1-14(22(25)26)11-15-5-7-17(8-6-15)23-21(24)19-10-9-18(27-2)12-20(19)28-13-16-3-4-16/h5-10,12,14,16H,3-4,11,13H2,1-2H3,(H,23,24)(H,25,26). The molecule has 1 aliphatic rings. The van der Waals surface area contributed by atoms with E-state index in [-0.39, 0.29) is 5.91 Å². The van der Waals surface area contributed by atoms with E-state index in [9.17, 15) is 9.59 Å². The largest absolute Gasteiger partial charge is 0.497 e. The van der Waals surface area contributed by atoms with Crippen molar-refractivity contribution in [1.29, 1.82) is 0 Å². The number of aliphatic carboxylic acids is 1. The van der Waals surface area contributed by atoms with E-state index in [1.54, 1.807) is 44.4 Å². The van der Waals surface area contributed by atoms with Crippen LogP contribution in [0.1, 0.15) is 35.7 Å². The number of carboxylic acids is 1. The molecule has 6 heteroatoms.